The number of rotatable bonds is 8. The van der Waals surface area contributed by atoms with E-state index in [4.69, 9.17) is 4.74 Å². The van der Waals surface area contributed by atoms with Crippen molar-refractivity contribution < 1.29 is 4.74 Å². The molecule has 0 bridgehead atoms. The van der Waals surface area contributed by atoms with Crippen LogP contribution in [0.1, 0.15) is 17.1 Å². The number of nitrogens with one attached hydrogen (secondary N) is 2. The van der Waals surface area contributed by atoms with E-state index in [9.17, 15) is 0 Å². The number of hydrogen-bond donors (Lipinski definition) is 2. The highest BCUT2D eigenvalue weighted by atomic mass is 16.5. The van der Waals surface area contributed by atoms with Crippen molar-refractivity contribution in [2.75, 3.05) is 13.7 Å². The van der Waals surface area contributed by atoms with Crippen LogP contribution in [-0.2, 0) is 17.7 Å². The first-order valence-corrected chi connectivity index (χ1v) is 7.14. The normalized spacial score (nSPS) is 12.9. The van der Waals surface area contributed by atoms with Crippen molar-refractivity contribution in [2.45, 2.75) is 26.0 Å². The van der Waals surface area contributed by atoms with Crippen LogP contribution in [0.2, 0.25) is 0 Å². The van der Waals surface area contributed by atoms with Crippen LogP contribution < -0.4 is 5.32 Å². The van der Waals surface area contributed by atoms with E-state index in [0.29, 0.717) is 0 Å². The van der Waals surface area contributed by atoms with Gasteiger partial charge >= 0.3 is 0 Å². The summed E-state index contributed by atoms with van der Waals surface area (Å²) in [5.74, 6) is 0.956. The van der Waals surface area contributed by atoms with Crippen molar-refractivity contribution in [1.82, 2.24) is 15.3 Å². The first-order valence-electron chi connectivity index (χ1n) is 7.14. The summed E-state index contributed by atoms with van der Waals surface area (Å²) in [6.45, 7) is 3.65. The number of benzene rings is 1. The molecular formula is C17H22N3O. The van der Waals surface area contributed by atoms with Crippen LogP contribution >= 0.6 is 0 Å². The Bertz CT molecular complexity index is 548. The van der Waals surface area contributed by atoms with Gasteiger partial charge < -0.3 is 15.0 Å². The Balaban J connectivity index is 1.71. The van der Waals surface area contributed by atoms with Gasteiger partial charge in [-0.05, 0) is 18.6 Å². The lowest BCUT2D eigenvalue weighted by molar-refractivity contribution is 0.139. The zero-order valence-corrected chi connectivity index (χ0v) is 12.6. The number of aromatic amines is 1. The predicted molar refractivity (Wildman–Crippen MR) is 84.0 cm³/mol. The summed E-state index contributed by atoms with van der Waals surface area (Å²) < 4.78 is 5.45. The third-order valence-electron chi connectivity index (χ3n) is 3.19. The monoisotopic (exact) mass is 284 g/mol. The number of nitrogens with zero attached hydrogens (tertiary/aromatic N) is 1. The summed E-state index contributed by atoms with van der Waals surface area (Å²) in [6.07, 6.45) is 6.88. The Morgan fingerprint density at radius 2 is 2.24 bits per heavy atom. The molecule has 0 saturated carbocycles. The second-order valence-electron chi connectivity index (χ2n) is 4.93. The van der Waals surface area contributed by atoms with Gasteiger partial charge in [0, 0.05) is 32.8 Å². The molecule has 2 rings (SSSR count). The highest BCUT2D eigenvalue weighted by Crippen LogP contribution is 2.03. The van der Waals surface area contributed by atoms with Gasteiger partial charge in [0.25, 0.3) is 0 Å². The zero-order chi connectivity index (χ0) is 14.9. The van der Waals surface area contributed by atoms with Crippen molar-refractivity contribution in [3.63, 3.8) is 0 Å². The minimum absolute atomic E-state index is 0.0451. The lowest BCUT2D eigenvalue weighted by Gasteiger charge is -2.09. The molecule has 1 heterocycles. The lowest BCUT2D eigenvalue weighted by Crippen LogP contribution is -2.15. The van der Waals surface area contributed by atoms with E-state index in [1.807, 2.05) is 25.3 Å². The zero-order valence-electron chi connectivity index (χ0n) is 12.6. The quantitative estimate of drug-likeness (QED) is 0.578. The largest absolute Gasteiger partial charge is 0.377 e. The SMILES string of the molecule is COC(C=CCNCc1cc[c]cc1)Cc1nc(C)c[nH]1. The van der Waals surface area contributed by atoms with Crippen molar-refractivity contribution in [1.29, 1.82) is 0 Å². The van der Waals surface area contributed by atoms with Crippen LogP contribution in [-0.4, -0.2) is 29.7 Å². The van der Waals surface area contributed by atoms with Gasteiger partial charge in [0.2, 0.25) is 0 Å². The van der Waals surface area contributed by atoms with Crippen LogP contribution in [0.4, 0.5) is 0 Å². The fraction of sp³-hybridized carbons (Fsp3) is 0.353. The summed E-state index contributed by atoms with van der Waals surface area (Å²) in [5.41, 5.74) is 2.27. The number of hydrogen-bond acceptors (Lipinski definition) is 3. The standard InChI is InChI=1S/C17H22N3O/c1-14-12-19-17(20-14)11-16(21-2)9-6-10-18-13-15-7-4-3-5-8-15/h4-9,12,16,18H,10-11,13H2,1-2H3,(H,19,20). The molecule has 0 fully saturated rings. The van der Waals surface area contributed by atoms with Gasteiger partial charge in [0.1, 0.15) is 5.82 Å². The van der Waals surface area contributed by atoms with Gasteiger partial charge in [-0.2, -0.15) is 0 Å². The summed E-state index contributed by atoms with van der Waals surface area (Å²) in [5, 5.41) is 3.37. The molecule has 0 aliphatic rings. The van der Waals surface area contributed by atoms with Crippen molar-refractivity contribution >= 4 is 0 Å². The molecule has 0 aliphatic heterocycles. The van der Waals surface area contributed by atoms with Gasteiger partial charge in [-0.25, -0.2) is 4.98 Å². The number of methoxy groups -OCH3 is 1. The molecule has 1 unspecified atom stereocenters. The molecule has 1 aromatic heterocycles. The van der Waals surface area contributed by atoms with Crippen molar-refractivity contribution in [3.05, 3.63) is 65.8 Å². The molecule has 0 saturated heterocycles. The topological polar surface area (TPSA) is 49.9 Å². The summed E-state index contributed by atoms with van der Waals surface area (Å²) >= 11 is 0. The number of H-pyrrole nitrogens is 1. The first-order chi connectivity index (χ1) is 10.3. The molecule has 4 heteroatoms. The van der Waals surface area contributed by atoms with Gasteiger partial charge in [0.15, 0.2) is 0 Å². The van der Waals surface area contributed by atoms with E-state index < -0.39 is 0 Å². The number of ether oxygens (including phenoxy) is 1. The highest BCUT2D eigenvalue weighted by molar-refractivity contribution is 5.13. The summed E-state index contributed by atoms with van der Waals surface area (Å²) in [4.78, 5) is 7.54. The molecule has 2 aromatic rings. The molecular weight excluding hydrogens is 262 g/mol. The van der Waals surface area contributed by atoms with Crippen LogP contribution in [0.3, 0.4) is 0 Å². The Kier molecular flexibility index (Phi) is 6.19. The Morgan fingerprint density at radius 3 is 2.90 bits per heavy atom. The van der Waals surface area contributed by atoms with Crippen LogP contribution in [0, 0.1) is 13.0 Å². The Labute approximate surface area is 126 Å². The predicted octanol–water partition coefficient (Wildman–Crippen LogP) is 2.42. The summed E-state index contributed by atoms with van der Waals surface area (Å²) in [6, 6.07) is 11.0. The number of imidazole rings is 1. The molecule has 1 aromatic carbocycles. The minimum atomic E-state index is 0.0451. The Morgan fingerprint density at radius 1 is 1.43 bits per heavy atom. The van der Waals surface area contributed by atoms with E-state index in [1.54, 1.807) is 7.11 Å². The number of aryl methyl sites for hydroxylation is 1. The van der Waals surface area contributed by atoms with Crippen LogP contribution in [0.5, 0.6) is 0 Å². The fourth-order valence-corrected chi connectivity index (χ4v) is 2.05. The molecule has 111 valence electrons. The minimum Gasteiger partial charge on any atom is -0.377 e. The molecule has 0 aliphatic carbocycles. The van der Waals surface area contributed by atoms with E-state index in [0.717, 1.165) is 31.0 Å². The highest BCUT2D eigenvalue weighted by Gasteiger charge is 2.06. The van der Waals surface area contributed by atoms with Gasteiger partial charge in [0.05, 0.1) is 11.8 Å². The third-order valence-corrected chi connectivity index (χ3v) is 3.19. The van der Waals surface area contributed by atoms with Crippen LogP contribution in [0.15, 0.2) is 42.6 Å². The van der Waals surface area contributed by atoms with Crippen molar-refractivity contribution in [2.24, 2.45) is 0 Å². The molecule has 2 N–H and O–H groups in total. The maximum absolute atomic E-state index is 5.45. The average Bonchev–Trinajstić information content (AvgIpc) is 2.92. The maximum Gasteiger partial charge on any atom is 0.109 e. The molecule has 1 radical (unpaired) electrons. The van der Waals surface area contributed by atoms with Gasteiger partial charge in [-0.3, -0.25) is 0 Å². The lowest BCUT2D eigenvalue weighted by atomic mass is 10.2. The summed E-state index contributed by atoms with van der Waals surface area (Å²) in [7, 11) is 1.72. The molecule has 4 nitrogen and oxygen atoms in total. The van der Waals surface area contributed by atoms with Crippen molar-refractivity contribution in [3.8, 4) is 0 Å². The second kappa shape index (κ2) is 8.39. The third kappa shape index (κ3) is 5.53. The molecule has 21 heavy (non-hydrogen) atoms. The van der Waals surface area contributed by atoms with E-state index in [2.05, 4.69) is 45.6 Å². The smallest absolute Gasteiger partial charge is 0.109 e. The van der Waals surface area contributed by atoms with Gasteiger partial charge in [-0.1, -0.05) is 36.4 Å². The Hall–Kier alpha value is -1.91. The van der Waals surface area contributed by atoms with Gasteiger partial charge in [-0.15, -0.1) is 0 Å². The fourth-order valence-electron chi connectivity index (χ4n) is 2.05. The van der Waals surface area contributed by atoms with E-state index in [1.165, 1.54) is 5.56 Å². The average molecular weight is 284 g/mol. The van der Waals surface area contributed by atoms with Crippen LogP contribution in [0.25, 0.3) is 0 Å². The van der Waals surface area contributed by atoms with E-state index in [-0.39, 0.29) is 6.10 Å². The molecule has 1 atom stereocenters. The van der Waals surface area contributed by atoms with E-state index >= 15 is 0 Å². The first kappa shape index (κ1) is 15.5. The molecule has 0 amide bonds. The second-order valence-corrected chi connectivity index (χ2v) is 4.93. The molecule has 0 spiro atoms. The maximum atomic E-state index is 5.45. The number of aromatic nitrogens is 2.